The summed E-state index contributed by atoms with van der Waals surface area (Å²) in [4.78, 5) is 10.0. The zero-order chi connectivity index (χ0) is 7.28. The maximum atomic E-state index is 10.0. The van der Waals surface area contributed by atoms with E-state index in [4.69, 9.17) is 10.8 Å². The Balaban J connectivity index is 3.37. The molecule has 4 heteroatoms. The van der Waals surface area contributed by atoms with Crippen molar-refractivity contribution in [3.63, 3.8) is 0 Å². The zero-order valence-electron chi connectivity index (χ0n) is 4.83. The minimum Gasteiger partial charge on any atom is -0.480 e. The van der Waals surface area contributed by atoms with Gasteiger partial charge in [-0.25, -0.2) is 0 Å². The molecule has 3 nitrogen and oxygen atoms in total. The Morgan fingerprint density at radius 1 is 1.89 bits per heavy atom. The molecule has 0 aliphatic carbocycles. The third-order valence-electron chi connectivity index (χ3n) is 0.875. The van der Waals surface area contributed by atoms with Gasteiger partial charge in [0.15, 0.2) is 0 Å². The summed E-state index contributed by atoms with van der Waals surface area (Å²) in [5, 5.41) is 10.6. The molecule has 0 aromatic carbocycles. The van der Waals surface area contributed by atoms with Crippen LogP contribution >= 0.6 is 12.2 Å². The van der Waals surface area contributed by atoms with Crippen molar-refractivity contribution in [2.24, 2.45) is 5.73 Å². The molecule has 1 atom stereocenters. The first kappa shape index (κ1) is 8.52. The lowest BCUT2D eigenvalue weighted by atomic mass is 10.2. The van der Waals surface area contributed by atoms with Crippen LogP contribution in [0, 0.1) is 0 Å². The van der Waals surface area contributed by atoms with Crippen molar-refractivity contribution in [2.75, 3.05) is 0 Å². The average Bonchev–Trinajstić information content (AvgIpc) is 1.82. The second kappa shape index (κ2) is 4.40. The summed E-state index contributed by atoms with van der Waals surface area (Å²) in [5.41, 5.74) is 5.12. The molecule has 0 fully saturated rings. The van der Waals surface area contributed by atoms with E-state index in [0.717, 1.165) is 0 Å². The van der Waals surface area contributed by atoms with E-state index in [2.05, 4.69) is 17.6 Å². The molecule has 0 heterocycles. The van der Waals surface area contributed by atoms with Crippen LogP contribution in [0.3, 0.4) is 0 Å². The molecule has 0 saturated heterocycles. The van der Waals surface area contributed by atoms with Gasteiger partial charge >= 0.3 is 5.97 Å². The minimum atomic E-state index is -0.986. The minimum absolute atomic E-state index is 0.374. The number of rotatable bonds is 4. The highest BCUT2D eigenvalue weighted by Crippen LogP contribution is 1.90. The molecular weight excluding hydrogens is 138 g/mol. The van der Waals surface area contributed by atoms with Crippen LogP contribution in [0.5, 0.6) is 0 Å². The summed E-state index contributed by atoms with van der Waals surface area (Å²) in [6.45, 7) is 0. The van der Waals surface area contributed by atoms with Crippen LogP contribution in [0.4, 0.5) is 0 Å². The third-order valence-corrected chi connectivity index (χ3v) is 1.08. The molecular formula is C5H8NO2S. The molecule has 0 amide bonds. The number of thiocarbonyl (C=S) groups is 1. The fourth-order valence-corrected chi connectivity index (χ4v) is 0.456. The summed E-state index contributed by atoms with van der Waals surface area (Å²) in [5.74, 6) is -0.986. The number of aliphatic carboxylic acids is 1. The molecule has 3 N–H and O–H groups in total. The van der Waals surface area contributed by atoms with Gasteiger partial charge < -0.3 is 10.8 Å². The Kier molecular flexibility index (Phi) is 4.17. The van der Waals surface area contributed by atoms with Crippen LogP contribution in [-0.4, -0.2) is 22.5 Å². The van der Waals surface area contributed by atoms with Gasteiger partial charge in [0.05, 0.1) is 0 Å². The van der Waals surface area contributed by atoms with Crippen molar-refractivity contribution in [1.82, 2.24) is 0 Å². The van der Waals surface area contributed by atoms with Crippen LogP contribution in [-0.2, 0) is 4.79 Å². The van der Waals surface area contributed by atoms with Crippen molar-refractivity contribution in [3.05, 3.63) is 0 Å². The first-order valence-corrected chi connectivity index (χ1v) is 2.92. The Morgan fingerprint density at radius 3 is 2.78 bits per heavy atom. The lowest BCUT2D eigenvalue weighted by Gasteiger charge is -2.00. The van der Waals surface area contributed by atoms with Gasteiger partial charge in [0.25, 0.3) is 0 Å². The quantitative estimate of drug-likeness (QED) is 0.550. The van der Waals surface area contributed by atoms with Crippen molar-refractivity contribution in [1.29, 1.82) is 0 Å². The number of carboxylic acid groups (broad SMARTS) is 1. The molecule has 0 aliphatic heterocycles. The lowest BCUT2D eigenvalue weighted by Crippen LogP contribution is -2.29. The van der Waals surface area contributed by atoms with Gasteiger partial charge in [0.1, 0.15) is 6.04 Å². The fourth-order valence-electron chi connectivity index (χ4n) is 0.338. The van der Waals surface area contributed by atoms with Gasteiger partial charge in [0.2, 0.25) is 0 Å². The smallest absolute Gasteiger partial charge is 0.320 e. The third kappa shape index (κ3) is 4.05. The standard InChI is InChI=1S/C5H8NO2S/c6-4(5(7)8)2-1-3-9/h4H,1-2,6H2,(H,7,8). The van der Waals surface area contributed by atoms with Gasteiger partial charge in [0, 0.05) is 5.37 Å². The topological polar surface area (TPSA) is 63.3 Å². The van der Waals surface area contributed by atoms with Gasteiger partial charge in [-0.15, -0.1) is 0 Å². The summed E-state index contributed by atoms with van der Waals surface area (Å²) in [7, 11) is 0. The molecule has 0 bridgehead atoms. The van der Waals surface area contributed by atoms with E-state index in [-0.39, 0.29) is 0 Å². The van der Waals surface area contributed by atoms with E-state index in [1.807, 2.05) is 0 Å². The molecule has 0 aromatic heterocycles. The Labute approximate surface area is 58.9 Å². The molecule has 0 rings (SSSR count). The van der Waals surface area contributed by atoms with E-state index < -0.39 is 12.0 Å². The fraction of sp³-hybridized carbons (Fsp3) is 0.600. The van der Waals surface area contributed by atoms with Gasteiger partial charge in [-0.1, -0.05) is 12.2 Å². The monoisotopic (exact) mass is 146 g/mol. The molecule has 0 aliphatic rings. The van der Waals surface area contributed by atoms with Crippen LogP contribution < -0.4 is 5.73 Å². The molecule has 9 heavy (non-hydrogen) atoms. The van der Waals surface area contributed by atoms with E-state index >= 15 is 0 Å². The first-order chi connectivity index (χ1) is 4.18. The summed E-state index contributed by atoms with van der Waals surface area (Å²) in [6.07, 6.45) is 0.835. The van der Waals surface area contributed by atoms with Crippen molar-refractivity contribution < 1.29 is 9.90 Å². The zero-order valence-corrected chi connectivity index (χ0v) is 5.65. The molecule has 1 unspecified atom stereocenters. The van der Waals surface area contributed by atoms with Crippen molar-refractivity contribution in [2.45, 2.75) is 18.9 Å². The Morgan fingerprint density at radius 2 is 2.44 bits per heavy atom. The highest BCUT2D eigenvalue weighted by molar-refractivity contribution is 7.78. The van der Waals surface area contributed by atoms with E-state index in [1.165, 1.54) is 0 Å². The Hall–Kier alpha value is -0.480. The molecule has 0 aromatic rings. The Bertz CT molecular complexity index is 116. The lowest BCUT2D eigenvalue weighted by molar-refractivity contribution is -0.138. The van der Waals surface area contributed by atoms with Crippen molar-refractivity contribution >= 4 is 23.6 Å². The highest BCUT2D eigenvalue weighted by Gasteiger charge is 2.08. The van der Waals surface area contributed by atoms with E-state index in [1.54, 1.807) is 0 Å². The maximum Gasteiger partial charge on any atom is 0.320 e. The molecule has 0 saturated carbocycles. The summed E-state index contributed by atoms with van der Waals surface area (Å²) < 4.78 is 0. The number of carbonyl (C=O) groups is 1. The molecule has 0 spiro atoms. The number of nitrogens with two attached hydrogens (primary N) is 1. The highest BCUT2D eigenvalue weighted by atomic mass is 32.1. The van der Waals surface area contributed by atoms with Gasteiger partial charge in [-0.3, -0.25) is 4.79 Å². The predicted molar refractivity (Wildman–Crippen MR) is 37.4 cm³/mol. The van der Waals surface area contributed by atoms with E-state index in [0.29, 0.717) is 12.8 Å². The summed E-state index contributed by atoms with van der Waals surface area (Å²) >= 11 is 4.36. The van der Waals surface area contributed by atoms with Gasteiger partial charge in [-0.05, 0) is 12.8 Å². The van der Waals surface area contributed by atoms with Crippen molar-refractivity contribution in [3.8, 4) is 0 Å². The van der Waals surface area contributed by atoms with Crippen LogP contribution in [0.15, 0.2) is 0 Å². The second-order valence-electron chi connectivity index (χ2n) is 1.63. The number of carboxylic acids is 1. The average molecular weight is 146 g/mol. The maximum absolute atomic E-state index is 10.0. The molecule has 51 valence electrons. The molecule has 1 radical (unpaired) electrons. The van der Waals surface area contributed by atoms with E-state index in [9.17, 15) is 4.79 Å². The second-order valence-corrected chi connectivity index (χ2v) is 1.92. The number of hydrogen-bond acceptors (Lipinski definition) is 3. The largest absolute Gasteiger partial charge is 0.480 e. The SMILES string of the molecule is NC(CC[C]=S)C(=O)O. The van der Waals surface area contributed by atoms with Crippen LogP contribution in [0.1, 0.15) is 12.8 Å². The van der Waals surface area contributed by atoms with Crippen LogP contribution in [0.25, 0.3) is 0 Å². The normalized spacial score (nSPS) is 12.6. The number of hydrogen-bond donors (Lipinski definition) is 2. The summed E-state index contributed by atoms with van der Waals surface area (Å²) in [6, 6.07) is -0.791. The first-order valence-electron chi connectivity index (χ1n) is 2.52. The van der Waals surface area contributed by atoms with Gasteiger partial charge in [-0.2, -0.15) is 0 Å². The predicted octanol–water partition coefficient (Wildman–Crippen LogP) is 0.0552. The van der Waals surface area contributed by atoms with Crippen LogP contribution in [0.2, 0.25) is 0 Å².